The second-order valence-corrected chi connectivity index (χ2v) is 6.68. The summed E-state index contributed by atoms with van der Waals surface area (Å²) in [7, 11) is 3.72. The minimum absolute atomic E-state index is 0.263. The molecule has 0 aromatic heterocycles. The molecule has 0 fully saturated rings. The molecule has 1 aliphatic rings. The minimum atomic E-state index is -0.742. The molecule has 0 aliphatic carbocycles. The van der Waals surface area contributed by atoms with E-state index in [0.29, 0.717) is 34.1 Å². The molecule has 1 heterocycles. The number of nitrogens with zero attached hydrogens (tertiary/aromatic N) is 2. The number of benzene rings is 2. The number of carbonyl (C=O) groups excluding carboxylic acids is 4. The highest BCUT2D eigenvalue weighted by atomic mass is 16.2. The summed E-state index contributed by atoms with van der Waals surface area (Å²) in [5, 5.41) is 3.81. The molecular formula is C19H20N4O4. The first-order valence-electron chi connectivity index (χ1n) is 8.44. The summed E-state index contributed by atoms with van der Waals surface area (Å²) in [5.41, 5.74) is 6.20. The van der Waals surface area contributed by atoms with Gasteiger partial charge in [-0.3, -0.25) is 24.1 Å². The van der Waals surface area contributed by atoms with Crippen LogP contribution in [0.5, 0.6) is 0 Å². The van der Waals surface area contributed by atoms with E-state index in [0.717, 1.165) is 0 Å². The Bertz CT molecular complexity index is 968. The van der Waals surface area contributed by atoms with Crippen LogP contribution in [0.3, 0.4) is 0 Å². The van der Waals surface area contributed by atoms with Crippen molar-refractivity contribution in [2.45, 2.75) is 6.42 Å². The fraction of sp³-hybridized carbons (Fsp3) is 0.263. The Hall–Kier alpha value is -3.26. The lowest BCUT2D eigenvalue weighted by atomic mass is 9.93. The molecule has 2 aromatic carbocycles. The summed E-state index contributed by atoms with van der Waals surface area (Å²) in [6.07, 6.45) is -0.450. The third-order valence-corrected chi connectivity index (χ3v) is 4.32. The standard InChI is InChI=1S/C19H20N4O4/c1-22(2)6-7-23-18(26)13-5-3-4-11-8-12(21-16(25)10-15(20)24)9-14(17(11)13)19(23)27/h3-5,8-9H,6-7,10H2,1-2H3,(H2,20,24)(H,21,25). The molecular weight excluding hydrogens is 348 g/mol. The van der Waals surface area contributed by atoms with E-state index in [-0.39, 0.29) is 12.5 Å². The topological polar surface area (TPSA) is 113 Å². The average Bonchev–Trinajstić information content (AvgIpc) is 2.58. The zero-order chi connectivity index (χ0) is 19.7. The molecule has 0 bridgehead atoms. The zero-order valence-electron chi connectivity index (χ0n) is 15.1. The third kappa shape index (κ3) is 3.65. The van der Waals surface area contributed by atoms with Crippen molar-refractivity contribution in [1.82, 2.24) is 9.80 Å². The molecule has 3 N–H and O–H groups in total. The number of primary amides is 1. The van der Waals surface area contributed by atoms with E-state index in [1.807, 2.05) is 19.0 Å². The monoisotopic (exact) mass is 368 g/mol. The largest absolute Gasteiger partial charge is 0.369 e. The molecule has 3 rings (SSSR count). The van der Waals surface area contributed by atoms with Gasteiger partial charge in [0.2, 0.25) is 11.8 Å². The van der Waals surface area contributed by atoms with E-state index in [9.17, 15) is 19.2 Å². The molecule has 0 atom stereocenters. The number of nitrogens with two attached hydrogens (primary N) is 1. The fourth-order valence-electron chi connectivity index (χ4n) is 3.10. The number of rotatable bonds is 6. The molecule has 1 aliphatic heterocycles. The second-order valence-electron chi connectivity index (χ2n) is 6.68. The van der Waals surface area contributed by atoms with Crippen molar-refractivity contribution >= 4 is 40.1 Å². The summed E-state index contributed by atoms with van der Waals surface area (Å²) < 4.78 is 0. The van der Waals surface area contributed by atoms with Crippen molar-refractivity contribution in [2.75, 3.05) is 32.5 Å². The number of likely N-dealkylation sites (N-methyl/N-ethyl adjacent to an activating group) is 1. The summed E-state index contributed by atoms with van der Waals surface area (Å²) >= 11 is 0. The van der Waals surface area contributed by atoms with Gasteiger partial charge in [0.1, 0.15) is 6.42 Å². The first-order chi connectivity index (χ1) is 12.8. The second kappa shape index (κ2) is 7.16. The molecule has 4 amide bonds. The maximum atomic E-state index is 12.9. The SMILES string of the molecule is CN(C)CCN1C(=O)c2cccc3cc(NC(=O)CC(N)=O)cc(c23)C1=O. The van der Waals surface area contributed by atoms with Crippen LogP contribution in [0, 0.1) is 0 Å². The summed E-state index contributed by atoms with van der Waals surface area (Å²) in [6, 6.07) is 8.38. The Morgan fingerprint density at radius 1 is 1.11 bits per heavy atom. The lowest BCUT2D eigenvalue weighted by molar-refractivity contribution is -0.124. The van der Waals surface area contributed by atoms with Crippen LogP contribution in [0.25, 0.3) is 10.8 Å². The number of nitrogens with one attached hydrogen (secondary N) is 1. The molecule has 0 saturated carbocycles. The Morgan fingerprint density at radius 2 is 1.81 bits per heavy atom. The van der Waals surface area contributed by atoms with E-state index in [4.69, 9.17) is 5.73 Å². The lowest BCUT2D eigenvalue weighted by Crippen LogP contribution is -2.43. The van der Waals surface area contributed by atoms with Crippen molar-refractivity contribution in [3.63, 3.8) is 0 Å². The van der Waals surface area contributed by atoms with Gasteiger partial charge in [-0.25, -0.2) is 0 Å². The van der Waals surface area contributed by atoms with Crippen LogP contribution in [0.4, 0.5) is 5.69 Å². The predicted molar refractivity (Wildman–Crippen MR) is 100 cm³/mol. The van der Waals surface area contributed by atoms with Crippen LogP contribution in [0.1, 0.15) is 27.1 Å². The van der Waals surface area contributed by atoms with Crippen LogP contribution in [0.15, 0.2) is 30.3 Å². The van der Waals surface area contributed by atoms with Gasteiger partial charge in [-0.15, -0.1) is 0 Å². The lowest BCUT2D eigenvalue weighted by Gasteiger charge is -2.28. The van der Waals surface area contributed by atoms with Gasteiger partial charge >= 0.3 is 0 Å². The molecule has 0 radical (unpaired) electrons. The Balaban J connectivity index is 2.04. The quantitative estimate of drug-likeness (QED) is 0.579. The third-order valence-electron chi connectivity index (χ3n) is 4.32. The molecule has 0 spiro atoms. The maximum Gasteiger partial charge on any atom is 0.261 e. The predicted octanol–water partition coefficient (Wildman–Crippen LogP) is 0.811. The van der Waals surface area contributed by atoms with Crippen molar-refractivity contribution in [3.05, 3.63) is 41.5 Å². The zero-order valence-corrected chi connectivity index (χ0v) is 15.1. The van der Waals surface area contributed by atoms with Crippen molar-refractivity contribution in [2.24, 2.45) is 5.73 Å². The van der Waals surface area contributed by atoms with Crippen LogP contribution < -0.4 is 11.1 Å². The Kier molecular flexibility index (Phi) is 4.91. The molecule has 27 heavy (non-hydrogen) atoms. The molecule has 8 nitrogen and oxygen atoms in total. The highest BCUT2D eigenvalue weighted by molar-refractivity contribution is 6.26. The first-order valence-corrected chi connectivity index (χ1v) is 8.44. The number of amides is 4. The van der Waals surface area contributed by atoms with Gasteiger partial charge in [0, 0.05) is 29.7 Å². The number of imide groups is 1. The highest BCUT2D eigenvalue weighted by Gasteiger charge is 2.33. The maximum absolute atomic E-state index is 12.9. The van der Waals surface area contributed by atoms with E-state index in [2.05, 4.69) is 5.32 Å². The van der Waals surface area contributed by atoms with E-state index >= 15 is 0 Å². The van der Waals surface area contributed by atoms with Gasteiger partial charge < -0.3 is 16.0 Å². The fourth-order valence-corrected chi connectivity index (χ4v) is 3.10. The van der Waals surface area contributed by atoms with Gasteiger partial charge in [-0.05, 0) is 37.7 Å². The summed E-state index contributed by atoms with van der Waals surface area (Å²) in [5.74, 6) is -2.04. The van der Waals surface area contributed by atoms with E-state index < -0.39 is 24.1 Å². The molecule has 0 saturated heterocycles. The Morgan fingerprint density at radius 3 is 2.48 bits per heavy atom. The first kappa shape index (κ1) is 18.5. The Labute approximate surface area is 155 Å². The van der Waals surface area contributed by atoms with Crippen molar-refractivity contribution in [3.8, 4) is 0 Å². The smallest absolute Gasteiger partial charge is 0.261 e. The van der Waals surface area contributed by atoms with Crippen LogP contribution >= 0.6 is 0 Å². The van der Waals surface area contributed by atoms with Gasteiger partial charge in [0.25, 0.3) is 11.8 Å². The average molecular weight is 368 g/mol. The van der Waals surface area contributed by atoms with E-state index in [1.165, 1.54) is 11.0 Å². The van der Waals surface area contributed by atoms with Crippen molar-refractivity contribution in [1.29, 1.82) is 0 Å². The molecule has 8 heteroatoms. The minimum Gasteiger partial charge on any atom is -0.369 e. The molecule has 140 valence electrons. The van der Waals surface area contributed by atoms with Crippen LogP contribution in [-0.4, -0.2) is 60.6 Å². The summed E-state index contributed by atoms with van der Waals surface area (Å²) in [4.78, 5) is 51.6. The van der Waals surface area contributed by atoms with Gasteiger partial charge in [-0.2, -0.15) is 0 Å². The van der Waals surface area contributed by atoms with Crippen molar-refractivity contribution < 1.29 is 19.2 Å². The molecule has 2 aromatic rings. The van der Waals surface area contributed by atoms with Gasteiger partial charge in [0.15, 0.2) is 0 Å². The number of hydrogen-bond acceptors (Lipinski definition) is 5. The molecule has 0 unspecified atom stereocenters. The van der Waals surface area contributed by atoms with Gasteiger partial charge in [-0.1, -0.05) is 12.1 Å². The van der Waals surface area contributed by atoms with Crippen LogP contribution in [0.2, 0.25) is 0 Å². The van der Waals surface area contributed by atoms with E-state index in [1.54, 1.807) is 24.3 Å². The number of carbonyl (C=O) groups is 4. The number of anilines is 1. The highest BCUT2D eigenvalue weighted by Crippen LogP contribution is 2.32. The van der Waals surface area contributed by atoms with Crippen LogP contribution in [-0.2, 0) is 9.59 Å². The normalized spacial score (nSPS) is 13.4. The number of hydrogen-bond donors (Lipinski definition) is 2. The summed E-state index contributed by atoms with van der Waals surface area (Å²) in [6.45, 7) is 0.802. The van der Waals surface area contributed by atoms with Gasteiger partial charge in [0.05, 0.1) is 5.56 Å².